The Labute approximate surface area is 103 Å². The number of rotatable bonds is 3. The van der Waals surface area contributed by atoms with E-state index in [9.17, 15) is 18.6 Å². The zero-order valence-corrected chi connectivity index (χ0v) is 10.1. The van der Waals surface area contributed by atoms with Crippen LogP contribution < -0.4 is 0 Å². The maximum atomic E-state index is 10.4. The summed E-state index contributed by atoms with van der Waals surface area (Å²) in [5.74, 6) is 0.299. The van der Waals surface area contributed by atoms with E-state index in [0.717, 1.165) is 0 Å². The Kier molecular flexibility index (Phi) is 3.58. The van der Waals surface area contributed by atoms with Crippen LogP contribution in [0.5, 0.6) is 0 Å². The first-order valence-electron chi connectivity index (χ1n) is 5.12. The fourth-order valence-corrected chi connectivity index (χ4v) is 2.16. The van der Waals surface area contributed by atoms with Gasteiger partial charge < -0.3 is 19.7 Å². The molecule has 1 fully saturated rings. The Morgan fingerprint density at radius 2 is 2.06 bits per heavy atom. The van der Waals surface area contributed by atoms with E-state index in [1.807, 2.05) is 0 Å². The molecule has 5 atom stereocenters. The van der Waals surface area contributed by atoms with Crippen molar-refractivity contribution in [3.05, 3.63) is 0 Å². The first-order chi connectivity index (χ1) is 8.28. The molecule has 104 valence electrons. The minimum Gasteiger partial charge on any atom is -0.450 e. The molecule has 9 nitrogen and oxygen atoms in total. The van der Waals surface area contributed by atoms with Crippen molar-refractivity contribution in [3.8, 4) is 0 Å². The van der Waals surface area contributed by atoms with Crippen molar-refractivity contribution < 1.29 is 36.8 Å². The summed E-state index contributed by atoms with van der Waals surface area (Å²) in [7, 11) is -4.64. The summed E-state index contributed by atoms with van der Waals surface area (Å²) in [6.07, 6.45) is -4.72. The number of hydrogen-bond acceptors (Lipinski definition) is 8. The van der Waals surface area contributed by atoms with Gasteiger partial charge in [0.25, 0.3) is 0 Å². The van der Waals surface area contributed by atoms with Crippen LogP contribution >= 0.6 is 0 Å². The Morgan fingerprint density at radius 1 is 1.39 bits per heavy atom. The van der Waals surface area contributed by atoms with Crippen LogP contribution in [0.3, 0.4) is 0 Å². The lowest BCUT2D eigenvalue weighted by Crippen LogP contribution is -2.57. The molecule has 1 saturated heterocycles. The highest BCUT2D eigenvalue weighted by Gasteiger charge is 2.48. The van der Waals surface area contributed by atoms with Crippen LogP contribution in [0.4, 0.5) is 0 Å². The second-order valence-corrected chi connectivity index (χ2v) is 5.08. The van der Waals surface area contributed by atoms with E-state index < -0.39 is 47.6 Å². The maximum Gasteiger partial charge on any atom is 0.397 e. The largest absolute Gasteiger partial charge is 0.450 e. The fourth-order valence-electron chi connectivity index (χ4n) is 1.85. The molecule has 0 spiro atoms. The van der Waals surface area contributed by atoms with Crippen molar-refractivity contribution in [3.63, 3.8) is 0 Å². The number of ether oxygens (including phenoxy) is 2. The first-order valence-corrected chi connectivity index (χ1v) is 6.49. The highest BCUT2D eigenvalue weighted by Crippen LogP contribution is 2.28. The Balaban J connectivity index is 2.03. The average molecular weight is 283 g/mol. The smallest absolute Gasteiger partial charge is 0.397 e. The first kappa shape index (κ1) is 13.6. The van der Waals surface area contributed by atoms with E-state index in [2.05, 4.69) is 9.18 Å². The summed E-state index contributed by atoms with van der Waals surface area (Å²) < 4.78 is 43.7. The Hall–Kier alpha value is -0.780. The zero-order valence-electron chi connectivity index (χ0n) is 9.33. The van der Waals surface area contributed by atoms with Crippen molar-refractivity contribution in [1.29, 1.82) is 0 Å². The van der Waals surface area contributed by atoms with Gasteiger partial charge in [-0.3, -0.25) is 4.55 Å². The van der Waals surface area contributed by atoms with E-state index in [1.165, 1.54) is 0 Å². The monoisotopic (exact) mass is 283 g/mol. The minimum atomic E-state index is -4.64. The number of aliphatic hydroxyl groups is 2. The third-order valence-corrected chi connectivity index (χ3v) is 3.10. The fraction of sp³-hybridized carbons (Fsp3) is 0.875. The zero-order chi connectivity index (χ0) is 13.5. The maximum absolute atomic E-state index is 10.4. The summed E-state index contributed by atoms with van der Waals surface area (Å²) in [6.45, 7) is 0.924. The Bertz CT molecular complexity index is 448. The van der Waals surface area contributed by atoms with E-state index >= 15 is 0 Å². The molecule has 0 radical (unpaired) electrons. The minimum absolute atomic E-state index is 0.299. The molecule has 2 rings (SSSR count). The third kappa shape index (κ3) is 2.79. The molecule has 3 N–H and O–H groups in total. The lowest BCUT2D eigenvalue weighted by Gasteiger charge is -2.37. The number of aliphatic hydroxyl groups excluding tert-OH is 2. The summed E-state index contributed by atoms with van der Waals surface area (Å²) in [5.41, 5.74) is 0. The van der Waals surface area contributed by atoms with Gasteiger partial charge in [-0.2, -0.15) is 8.42 Å². The van der Waals surface area contributed by atoms with Crippen LogP contribution in [0.2, 0.25) is 0 Å². The average Bonchev–Trinajstić information content (AvgIpc) is 2.61. The molecular weight excluding hydrogens is 270 g/mol. The quantitative estimate of drug-likeness (QED) is 0.510. The van der Waals surface area contributed by atoms with Gasteiger partial charge >= 0.3 is 10.4 Å². The molecule has 2 aliphatic rings. The van der Waals surface area contributed by atoms with Crippen molar-refractivity contribution in [2.45, 2.75) is 37.6 Å². The lowest BCUT2D eigenvalue weighted by molar-refractivity contribution is -0.232. The van der Waals surface area contributed by atoms with E-state index in [4.69, 9.17) is 14.0 Å². The van der Waals surface area contributed by atoms with Gasteiger partial charge in [0.15, 0.2) is 5.90 Å². The molecule has 0 aromatic heterocycles. The summed E-state index contributed by atoms with van der Waals surface area (Å²) in [6, 6.07) is -0.762. The summed E-state index contributed by atoms with van der Waals surface area (Å²) >= 11 is 0. The molecule has 0 aromatic rings. The number of fused-ring (bicyclic) bond motifs is 1. The molecule has 0 saturated carbocycles. The van der Waals surface area contributed by atoms with E-state index in [-0.39, 0.29) is 0 Å². The van der Waals surface area contributed by atoms with E-state index in [1.54, 1.807) is 6.92 Å². The second-order valence-electron chi connectivity index (χ2n) is 3.99. The number of aliphatic imine (C=N–C) groups is 1. The highest BCUT2D eigenvalue weighted by atomic mass is 32.3. The highest BCUT2D eigenvalue weighted by molar-refractivity contribution is 7.80. The van der Waals surface area contributed by atoms with Crippen LogP contribution in [0.15, 0.2) is 4.99 Å². The normalized spacial score (nSPS) is 40.0. The van der Waals surface area contributed by atoms with Crippen LogP contribution in [0.25, 0.3) is 0 Å². The molecule has 0 unspecified atom stereocenters. The van der Waals surface area contributed by atoms with Gasteiger partial charge in [-0.05, 0) is 0 Å². The van der Waals surface area contributed by atoms with Gasteiger partial charge in [-0.25, -0.2) is 9.18 Å². The molecular formula is C8H13NO8S. The summed E-state index contributed by atoms with van der Waals surface area (Å²) in [5, 5.41) is 19.5. The standard InChI is InChI=1S/C8H13NO8S/c1-3-9-5-7(11)6(10)4(17-8(5)16-3)2-15-18(12,13)14/h4-8,10-11H,2H2,1H3,(H,12,13,14)/t4-,5-,6-,7-,8+/m1/s1. The van der Waals surface area contributed by atoms with Crippen molar-refractivity contribution in [2.75, 3.05) is 6.61 Å². The van der Waals surface area contributed by atoms with Crippen LogP contribution in [-0.2, 0) is 24.1 Å². The Morgan fingerprint density at radius 3 is 2.67 bits per heavy atom. The van der Waals surface area contributed by atoms with Gasteiger partial charge in [-0.1, -0.05) is 0 Å². The van der Waals surface area contributed by atoms with Gasteiger partial charge in [0, 0.05) is 6.92 Å². The van der Waals surface area contributed by atoms with Crippen molar-refractivity contribution >= 4 is 16.3 Å². The lowest BCUT2D eigenvalue weighted by atomic mass is 9.98. The number of hydrogen-bond donors (Lipinski definition) is 3. The predicted octanol–water partition coefficient (Wildman–Crippen LogP) is -1.93. The second kappa shape index (κ2) is 4.72. The number of nitrogens with zero attached hydrogens (tertiary/aromatic N) is 1. The van der Waals surface area contributed by atoms with Gasteiger partial charge in [0.1, 0.15) is 24.4 Å². The topological polar surface area (TPSA) is 135 Å². The van der Waals surface area contributed by atoms with Crippen LogP contribution in [0.1, 0.15) is 6.92 Å². The van der Waals surface area contributed by atoms with Crippen LogP contribution in [-0.4, -0.2) is 66.3 Å². The van der Waals surface area contributed by atoms with Crippen LogP contribution in [0, 0.1) is 0 Å². The molecule has 0 bridgehead atoms. The van der Waals surface area contributed by atoms with E-state index in [0.29, 0.717) is 5.90 Å². The molecule has 0 amide bonds. The van der Waals surface area contributed by atoms with Crippen molar-refractivity contribution in [1.82, 2.24) is 0 Å². The third-order valence-electron chi connectivity index (χ3n) is 2.67. The molecule has 2 aliphatic heterocycles. The van der Waals surface area contributed by atoms with Gasteiger partial charge in [-0.15, -0.1) is 0 Å². The molecule has 0 aromatic carbocycles. The van der Waals surface area contributed by atoms with Gasteiger partial charge in [0.2, 0.25) is 6.29 Å². The molecule has 18 heavy (non-hydrogen) atoms. The van der Waals surface area contributed by atoms with Gasteiger partial charge in [0.05, 0.1) is 6.61 Å². The summed E-state index contributed by atoms with van der Waals surface area (Å²) in [4.78, 5) is 3.94. The van der Waals surface area contributed by atoms with Crippen molar-refractivity contribution in [2.24, 2.45) is 4.99 Å². The molecule has 2 heterocycles. The predicted molar refractivity (Wildman–Crippen MR) is 56.2 cm³/mol. The SMILES string of the molecule is CC1=N[C@H]2[C@@H](O1)O[C@H](COS(=O)(=O)O)[C@@H](O)[C@@H]2O. The molecule has 10 heteroatoms. The molecule has 0 aliphatic carbocycles.